The predicted molar refractivity (Wildman–Crippen MR) is 75.0 cm³/mol. The van der Waals surface area contributed by atoms with Gasteiger partial charge in [0.15, 0.2) is 0 Å². The standard InChI is InChI=1S/C13H15BrN2O3/c14-10-6-7(12(15)17)2-4-11(10)16-9-3-1-8(5-9)13(18)19/h2,4,6,8-9,16H,1,3,5H2,(H2,15,17)(H,18,19)/t8-,9+/m1/s1. The number of hydrogen-bond acceptors (Lipinski definition) is 3. The summed E-state index contributed by atoms with van der Waals surface area (Å²) in [6, 6.07) is 5.24. The van der Waals surface area contributed by atoms with Gasteiger partial charge in [-0.25, -0.2) is 0 Å². The Bertz CT molecular complexity index is 519. The third-order valence-electron chi connectivity index (χ3n) is 3.40. The highest BCUT2D eigenvalue weighted by atomic mass is 79.9. The number of carbonyl (C=O) groups excluding carboxylic acids is 1. The van der Waals surface area contributed by atoms with Crippen molar-refractivity contribution in [3.05, 3.63) is 28.2 Å². The Hall–Kier alpha value is -1.56. The van der Waals surface area contributed by atoms with Crippen molar-refractivity contribution in [1.29, 1.82) is 0 Å². The second-order valence-electron chi connectivity index (χ2n) is 4.75. The van der Waals surface area contributed by atoms with E-state index >= 15 is 0 Å². The van der Waals surface area contributed by atoms with E-state index in [1.807, 2.05) is 0 Å². The summed E-state index contributed by atoms with van der Waals surface area (Å²) in [7, 11) is 0. The highest BCUT2D eigenvalue weighted by molar-refractivity contribution is 9.10. The number of benzene rings is 1. The molecule has 0 bridgehead atoms. The number of primary amides is 1. The number of nitrogens with two attached hydrogens (primary N) is 1. The third-order valence-corrected chi connectivity index (χ3v) is 4.05. The average Bonchev–Trinajstić information content (AvgIpc) is 2.80. The van der Waals surface area contributed by atoms with Crippen LogP contribution < -0.4 is 11.1 Å². The Morgan fingerprint density at radius 2 is 2.11 bits per heavy atom. The molecule has 102 valence electrons. The Morgan fingerprint density at radius 3 is 2.63 bits per heavy atom. The lowest BCUT2D eigenvalue weighted by Gasteiger charge is -2.15. The van der Waals surface area contributed by atoms with Crippen LogP contribution in [0.4, 0.5) is 5.69 Å². The molecule has 2 atom stereocenters. The number of aliphatic carboxylic acids is 1. The average molecular weight is 327 g/mol. The van der Waals surface area contributed by atoms with Gasteiger partial charge in [-0.2, -0.15) is 0 Å². The summed E-state index contributed by atoms with van der Waals surface area (Å²) in [6.07, 6.45) is 2.16. The summed E-state index contributed by atoms with van der Waals surface area (Å²) >= 11 is 3.38. The fourth-order valence-electron chi connectivity index (χ4n) is 2.34. The maximum absolute atomic E-state index is 11.0. The highest BCUT2D eigenvalue weighted by Gasteiger charge is 2.29. The second kappa shape index (κ2) is 5.61. The smallest absolute Gasteiger partial charge is 0.306 e. The van der Waals surface area contributed by atoms with Crippen LogP contribution in [0.3, 0.4) is 0 Å². The van der Waals surface area contributed by atoms with Gasteiger partial charge in [-0.1, -0.05) is 0 Å². The summed E-state index contributed by atoms with van der Waals surface area (Å²) in [5.41, 5.74) is 6.49. The largest absolute Gasteiger partial charge is 0.481 e. The fourth-order valence-corrected chi connectivity index (χ4v) is 2.84. The molecule has 0 aromatic heterocycles. The Morgan fingerprint density at radius 1 is 1.37 bits per heavy atom. The van der Waals surface area contributed by atoms with E-state index in [4.69, 9.17) is 10.8 Å². The zero-order valence-electron chi connectivity index (χ0n) is 10.2. The van der Waals surface area contributed by atoms with E-state index in [1.165, 1.54) is 0 Å². The molecule has 19 heavy (non-hydrogen) atoms. The van der Waals surface area contributed by atoms with Crippen molar-refractivity contribution in [2.24, 2.45) is 11.7 Å². The van der Waals surface area contributed by atoms with E-state index in [0.29, 0.717) is 18.4 Å². The quantitative estimate of drug-likeness (QED) is 0.790. The molecule has 0 aliphatic heterocycles. The first-order valence-corrected chi connectivity index (χ1v) is 6.85. The van der Waals surface area contributed by atoms with E-state index in [1.54, 1.807) is 18.2 Å². The molecule has 4 N–H and O–H groups in total. The number of carboxylic acids is 1. The van der Waals surface area contributed by atoms with Crippen molar-refractivity contribution in [3.63, 3.8) is 0 Å². The SMILES string of the molecule is NC(=O)c1ccc(N[C@H]2CC[C@@H](C(=O)O)C2)c(Br)c1. The monoisotopic (exact) mass is 326 g/mol. The minimum Gasteiger partial charge on any atom is -0.481 e. The summed E-state index contributed by atoms with van der Waals surface area (Å²) in [6.45, 7) is 0. The lowest BCUT2D eigenvalue weighted by Crippen LogP contribution is -2.18. The van der Waals surface area contributed by atoms with Gasteiger partial charge in [-0.05, 0) is 53.4 Å². The van der Waals surface area contributed by atoms with Gasteiger partial charge >= 0.3 is 5.97 Å². The van der Waals surface area contributed by atoms with E-state index < -0.39 is 11.9 Å². The van der Waals surface area contributed by atoms with Crippen LogP contribution >= 0.6 is 15.9 Å². The minimum absolute atomic E-state index is 0.150. The third kappa shape index (κ3) is 3.26. The van der Waals surface area contributed by atoms with Crippen molar-refractivity contribution in [2.75, 3.05) is 5.32 Å². The van der Waals surface area contributed by atoms with Crippen molar-refractivity contribution in [2.45, 2.75) is 25.3 Å². The number of anilines is 1. The molecular weight excluding hydrogens is 312 g/mol. The maximum Gasteiger partial charge on any atom is 0.306 e. The van der Waals surface area contributed by atoms with Crippen LogP contribution in [0.2, 0.25) is 0 Å². The first-order valence-electron chi connectivity index (χ1n) is 6.06. The molecule has 6 heteroatoms. The van der Waals surface area contributed by atoms with Gasteiger partial charge in [-0.15, -0.1) is 0 Å². The van der Waals surface area contributed by atoms with Gasteiger partial charge in [0.25, 0.3) is 0 Å². The van der Waals surface area contributed by atoms with Crippen molar-refractivity contribution < 1.29 is 14.7 Å². The van der Waals surface area contributed by atoms with Gasteiger partial charge in [0.1, 0.15) is 0 Å². The molecule has 0 radical (unpaired) electrons. The van der Waals surface area contributed by atoms with E-state index in [2.05, 4.69) is 21.2 Å². The first-order chi connectivity index (χ1) is 8.97. The fraction of sp³-hybridized carbons (Fsp3) is 0.385. The summed E-state index contributed by atoms with van der Waals surface area (Å²) in [5.74, 6) is -1.47. The predicted octanol–water partition coefficient (Wildman–Crippen LogP) is 2.21. The molecule has 0 heterocycles. The minimum atomic E-state index is -0.729. The first kappa shape index (κ1) is 13.9. The van der Waals surface area contributed by atoms with Crippen molar-refractivity contribution >= 4 is 33.5 Å². The van der Waals surface area contributed by atoms with Gasteiger partial charge in [0, 0.05) is 21.8 Å². The van der Waals surface area contributed by atoms with Gasteiger partial charge in [0.05, 0.1) is 5.92 Å². The van der Waals surface area contributed by atoms with Crippen molar-refractivity contribution in [3.8, 4) is 0 Å². The number of carboxylic acid groups (broad SMARTS) is 1. The van der Waals surface area contributed by atoms with Crippen LogP contribution in [0.15, 0.2) is 22.7 Å². The van der Waals surface area contributed by atoms with Gasteiger partial charge in [-0.3, -0.25) is 9.59 Å². The van der Waals surface area contributed by atoms with Crippen molar-refractivity contribution in [1.82, 2.24) is 0 Å². The molecule has 1 amide bonds. The van der Waals surface area contributed by atoms with E-state index in [-0.39, 0.29) is 12.0 Å². The number of carbonyl (C=O) groups is 2. The van der Waals surface area contributed by atoms with Gasteiger partial charge < -0.3 is 16.2 Å². The zero-order chi connectivity index (χ0) is 14.0. The molecule has 2 rings (SSSR count). The summed E-state index contributed by atoms with van der Waals surface area (Å²) in [5, 5.41) is 12.3. The van der Waals surface area contributed by atoms with Crippen LogP contribution in [0.5, 0.6) is 0 Å². The Balaban J connectivity index is 2.04. The molecule has 0 spiro atoms. The topological polar surface area (TPSA) is 92.4 Å². The van der Waals surface area contributed by atoms with Crippen LogP contribution in [0.1, 0.15) is 29.6 Å². The van der Waals surface area contributed by atoms with E-state index in [0.717, 1.165) is 16.6 Å². The zero-order valence-corrected chi connectivity index (χ0v) is 11.8. The normalized spacial score (nSPS) is 22.2. The second-order valence-corrected chi connectivity index (χ2v) is 5.60. The molecule has 1 aliphatic rings. The lowest BCUT2D eigenvalue weighted by atomic mass is 10.1. The molecule has 0 saturated heterocycles. The molecular formula is C13H15BrN2O3. The number of nitrogens with one attached hydrogen (secondary N) is 1. The number of rotatable bonds is 4. The molecule has 1 aromatic rings. The van der Waals surface area contributed by atoms with Crippen LogP contribution in [0.25, 0.3) is 0 Å². The van der Waals surface area contributed by atoms with Crippen LogP contribution in [-0.2, 0) is 4.79 Å². The number of amides is 1. The molecule has 1 fully saturated rings. The van der Waals surface area contributed by atoms with Gasteiger partial charge in [0.2, 0.25) is 5.91 Å². The molecule has 1 aliphatic carbocycles. The maximum atomic E-state index is 11.0. The Kier molecular flexibility index (Phi) is 4.09. The molecule has 0 unspecified atom stereocenters. The number of halogens is 1. The summed E-state index contributed by atoms with van der Waals surface area (Å²) in [4.78, 5) is 21.9. The highest BCUT2D eigenvalue weighted by Crippen LogP contribution is 2.31. The lowest BCUT2D eigenvalue weighted by molar-refractivity contribution is -0.141. The summed E-state index contributed by atoms with van der Waals surface area (Å²) < 4.78 is 0.752. The Labute approximate surface area is 119 Å². The van der Waals surface area contributed by atoms with Crippen LogP contribution in [0, 0.1) is 5.92 Å². The molecule has 5 nitrogen and oxygen atoms in total. The molecule has 1 saturated carbocycles. The number of hydrogen-bond donors (Lipinski definition) is 3. The van der Waals surface area contributed by atoms with Crippen LogP contribution in [-0.4, -0.2) is 23.0 Å². The molecule has 1 aromatic carbocycles. The van der Waals surface area contributed by atoms with E-state index in [9.17, 15) is 9.59 Å².